The molecule has 2 N–H and O–H groups in total. The summed E-state index contributed by atoms with van der Waals surface area (Å²) in [6.07, 6.45) is 0.447. The van der Waals surface area contributed by atoms with Gasteiger partial charge in [-0.2, -0.15) is 0 Å². The molecule has 0 radical (unpaired) electrons. The fourth-order valence-electron chi connectivity index (χ4n) is 3.21. The van der Waals surface area contributed by atoms with Gasteiger partial charge in [-0.1, -0.05) is 12.1 Å². The van der Waals surface area contributed by atoms with Crippen molar-refractivity contribution in [3.05, 3.63) is 29.8 Å². The predicted molar refractivity (Wildman–Crippen MR) is 92.9 cm³/mol. The van der Waals surface area contributed by atoms with Crippen molar-refractivity contribution < 1.29 is 14.3 Å². The molecule has 6 nitrogen and oxygen atoms in total. The van der Waals surface area contributed by atoms with Crippen molar-refractivity contribution in [2.75, 3.05) is 20.2 Å². The number of hydrogen-bond acceptors (Lipinski definition) is 4. The van der Waals surface area contributed by atoms with E-state index in [0.717, 1.165) is 11.3 Å². The number of nitrogens with zero attached hydrogens (tertiary/aromatic N) is 1. The van der Waals surface area contributed by atoms with Gasteiger partial charge in [-0.25, -0.2) is 0 Å². The predicted octanol–water partition coefficient (Wildman–Crippen LogP) is 0.951. The van der Waals surface area contributed by atoms with E-state index in [-0.39, 0.29) is 23.9 Å². The van der Waals surface area contributed by atoms with Crippen LogP contribution in [-0.4, -0.2) is 55.0 Å². The molecule has 0 spiro atoms. The van der Waals surface area contributed by atoms with Crippen LogP contribution in [0.5, 0.6) is 5.75 Å². The van der Waals surface area contributed by atoms with Gasteiger partial charge in [0.1, 0.15) is 11.8 Å². The number of piperazine rings is 1. The number of ether oxygens (including phenoxy) is 1. The van der Waals surface area contributed by atoms with Gasteiger partial charge in [0.05, 0.1) is 7.11 Å². The highest BCUT2D eigenvalue weighted by atomic mass is 16.5. The second-order valence-corrected chi connectivity index (χ2v) is 6.52. The summed E-state index contributed by atoms with van der Waals surface area (Å²) in [5.74, 6) is 0.506. The summed E-state index contributed by atoms with van der Waals surface area (Å²) < 4.78 is 5.23. The summed E-state index contributed by atoms with van der Waals surface area (Å²) in [5, 5.41) is 6.21. The van der Waals surface area contributed by atoms with Crippen LogP contribution in [-0.2, 0) is 16.0 Å². The average molecular weight is 333 g/mol. The summed E-state index contributed by atoms with van der Waals surface area (Å²) in [6.45, 7) is 6.86. The Balaban J connectivity index is 2.14. The molecule has 1 saturated heterocycles. The number of hydrogen-bond donors (Lipinski definition) is 2. The third-order valence-corrected chi connectivity index (χ3v) is 4.12. The highest BCUT2D eigenvalue weighted by Crippen LogP contribution is 2.15. The molecule has 1 fully saturated rings. The van der Waals surface area contributed by atoms with E-state index in [1.165, 1.54) is 6.92 Å². The Labute approximate surface area is 143 Å². The normalized spacial score (nSPS) is 21.9. The summed E-state index contributed by atoms with van der Waals surface area (Å²) in [6, 6.07) is 7.50. The van der Waals surface area contributed by atoms with Crippen molar-refractivity contribution in [2.24, 2.45) is 0 Å². The van der Waals surface area contributed by atoms with Gasteiger partial charge in [-0.15, -0.1) is 0 Å². The van der Waals surface area contributed by atoms with Crippen molar-refractivity contribution in [1.82, 2.24) is 15.5 Å². The molecule has 0 saturated carbocycles. The molecular formula is C18H27N3O3. The van der Waals surface area contributed by atoms with E-state index in [1.807, 2.05) is 29.2 Å². The minimum Gasteiger partial charge on any atom is -0.497 e. The number of amides is 2. The third-order valence-electron chi connectivity index (χ3n) is 4.12. The van der Waals surface area contributed by atoms with Crippen molar-refractivity contribution >= 4 is 11.8 Å². The molecule has 0 bridgehead atoms. The highest BCUT2D eigenvalue weighted by Gasteiger charge is 2.30. The topological polar surface area (TPSA) is 70.7 Å². The number of carbonyl (C=O) groups is 2. The van der Waals surface area contributed by atoms with Gasteiger partial charge in [0.25, 0.3) is 0 Å². The van der Waals surface area contributed by atoms with E-state index in [0.29, 0.717) is 19.5 Å². The molecule has 24 heavy (non-hydrogen) atoms. The number of nitrogens with one attached hydrogen (secondary N) is 2. The first-order valence-electron chi connectivity index (χ1n) is 8.34. The van der Waals surface area contributed by atoms with Crippen LogP contribution in [0.1, 0.15) is 26.3 Å². The maximum Gasteiger partial charge on any atom is 0.245 e. The van der Waals surface area contributed by atoms with Gasteiger partial charge in [0, 0.05) is 38.5 Å². The van der Waals surface area contributed by atoms with Crippen LogP contribution in [0, 0.1) is 0 Å². The minimum absolute atomic E-state index is 0.0341. The van der Waals surface area contributed by atoms with Crippen LogP contribution < -0.4 is 15.4 Å². The lowest BCUT2D eigenvalue weighted by Gasteiger charge is -2.38. The molecule has 0 unspecified atom stereocenters. The SMILES string of the molecule is COc1cccc(C[C@H](NC(C)=O)C(=O)N2C[C@@H](C)N[C@H](C)C2)c1. The lowest BCUT2D eigenvalue weighted by Crippen LogP contribution is -2.59. The Hall–Kier alpha value is -2.08. The van der Waals surface area contributed by atoms with Crippen LogP contribution in [0.15, 0.2) is 24.3 Å². The molecule has 132 valence electrons. The lowest BCUT2D eigenvalue weighted by molar-refractivity contribution is -0.137. The standard InChI is InChI=1S/C18H27N3O3/c1-12-10-21(11-13(2)19-12)18(23)17(20-14(3)22)9-15-6-5-7-16(8-15)24-4/h5-8,12-13,17,19H,9-11H2,1-4H3,(H,20,22)/t12-,13-,17+/m1/s1. The van der Waals surface area contributed by atoms with Gasteiger partial charge in [-0.05, 0) is 31.5 Å². The average Bonchev–Trinajstić information content (AvgIpc) is 2.52. The maximum atomic E-state index is 12.9. The van der Waals surface area contributed by atoms with E-state index in [1.54, 1.807) is 7.11 Å². The molecule has 1 aromatic carbocycles. The van der Waals surface area contributed by atoms with Gasteiger partial charge >= 0.3 is 0 Å². The van der Waals surface area contributed by atoms with Gasteiger partial charge < -0.3 is 20.3 Å². The summed E-state index contributed by atoms with van der Waals surface area (Å²) in [7, 11) is 1.61. The monoisotopic (exact) mass is 333 g/mol. The number of benzene rings is 1. The lowest BCUT2D eigenvalue weighted by atomic mass is 10.0. The van der Waals surface area contributed by atoms with Crippen LogP contribution >= 0.6 is 0 Å². The summed E-state index contributed by atoms with van der Waals surface area (Å²) in [5.41, 5.74) is 0.956. The van der Waals surface area contributed by atoms with Crippen molar-refractivity contribution in [1.29, 1.82) is 0 Å². The Morgan fingerprint density at radius 3 is 2.58 bits per heavy atom. The second kappa shape index (κ2) is 8.15. The first-order valence-corrected chi connectivity index (χ1v) is 8.34. The Morgan fingerprint density at radius 1 is 1.33 bits per heavy atom. The molecular weight excluding hydrogens is 306 g/mol. The van der Waals surface area contributed by atoms with E-state index in [9.17, 15) is 9.59 Å². The van der Waals surface area contributed by atoms with Crippen molar-refractivity contribution in [3.8, 4) is 5.75 Å². The first kappa shape index (κ1) is 18.3. The molecule has 1 aliphatic rings. The molecule has 2 rings (SSSR count). The van der Waals surface area contributed by atoms with Crippen molar-refractivity contribution in [2.45, 2.75) is 45.3 Å². The Bertz CT molecular complexity index is 581. The molecule has 1 aliphatic heterocycles. The van der Waals surface area contributed by atoms with E-state index < -0.39 is 6.04 Å². The smallest absolute Gasteiger partial charge is 0.245 e. The fraction of sp³-hybridized carbons (Fsp3) is 0.556. The quantitative estimate of drug-likeness (QED) is 0.842. The number of rotatable bonds is 5. The highest BCUT2D eigenvalue weighted by molar-refractivity contribution is 5.87. The molecule has 1 aromatic rings. The largest absolute Gasteiger partial charge is 0.497 e. The minimum atomic E-state index is -0.563. The molecule has 0 aliphatic carbocycles. The van der Waals surface area contributed by atoms with Crippen LogP contribution in [0.3, 0.4) is 0 Å². The summed E-state index contributed by atoms with van der Waals surface area (Å²) in [4.78, 5) is 26.3. The zero-order chi connectivity index (χ0) is 17.7. The van der Waals surface area contributed by atoms with Crippen molar-refractivity contribution in [3.63, 3.8) is 0 Å². The fourth-order valence-corrected chi connectivity index (χ4v) is 3.21. The second-order valence-electron chi connectivity index (χ2n) is 6.52. The molecule has 2 amide bonds. The third kappa shape index (κ3) is 4.96. The molecule has 3 atom stereocenters. The first-order chi connectivity index (χ1) is 11.4. The number of methoxy groups -OCH3 is 1. The maximum absolute atomic E-state index is 12.9. The zero-order valence-corrected chi connectivity index (χ0v) is 14.8. The van der Waals surface area contributed by atoms with E-state index >= 15 is 0 Å². The van der Waals surface area contributed by atoms with Gasteiger partial charge in [0.2, 0.25) is 11.8 Å². The van der Waals surface area contributed by atoms with Crippen LogP contribution in [0.2, 0.25) is 0 Å². The number of carbonyl (C=O) groups excluding carboxylic acids is 2. The van der Waals surface area contributed by atoms with Crippen LogP contribution in [0.4, 0.5) is 0 Å². The van der Waals surface area contributed by atoms with E-state index in [4.69, 9.17) is 4.74 Å². The Morgan fingerprint density at radius 2 is 2.00 bits per heavy atom. The van der Waals surface area contributed by atoms with Gasteiger partial charge in [-0.3, -0.25) is 9.59 Å². The summed E-state index contributed by atoms with van der Waals surface area (Å²) >= 11 is 0. The van der Waals surface area contributed by atoms with E-state index in [2.05, 4.69) is 24.5 Å². The van der Waals surface area contributed by atoms with Crippen LogP contribution in [0.25, 0.3) is 0 Å². The Kier molecular flexibility index (Phi) is 6.20. The molecule has 6 heteroatoms. The molecule has 1 heterocycles. The van der Waals surface area contributed by atoms with Gasteiger partial charge in [0.15, 0.2) is 0 Å². The molecule has 0 aromatic heterocycles. The zero-order valence-electron chi connectivity index (χ0n) is 14.8.